The van der Waals surface area contributed by atoms with E-state index in [1.165, 1.54) is 18.4 Å². The van der Waals surface area contributed by atoms with E-state index in [0.29, 0.717) is 11.5 Å². The first kappa shape index (κ1) is 16.4. The fourth-order valence-corrected chi connectivity index (χ4v) is 3.18. The summed E-state index contributed by atoms with van der Waals surface area (Å²) >= 11 is 0. The zero-order valence-electron chi connectivity index (χ0n) is 14.5. The van der Waals surface area contributed by atoms with E-state index in [4.69, 9.17) is 4.74 Å². The Hall–Kier alpha value is -1.02. The molecule has 0 saturated heterocycles. The van der Waals surface area contributed by atoms with Gasteiger partial charge in [0.25, 0.3) is 0 Å². The molecular formula is C19H31NO. The Balaban J connectivity index is 2.08. The van der Waals surface area contributed by atoms with E-state index in [1.54, 1.807) is 0 Å². The van der Waals surface area contributed by atoms with Crippen molar-refractivity contribution in [2.75, 3.05) is 7.05 Å². The van der Waals surface area contributed by atoms with Gasteiger partial charge in [-0.1, -0.05) is 46.8 Å². The molecule has 0 radical (unpaired) electrons. The molecule has 0 aromatic heterocycles. The topological polar surface area (TPSA) is 21.3 Å². The van der Waals surface area contributed by atoms with E-state index in [2.05, 4.69) is 64.2 Å². The van der Waals surface area contributed by atoms with Gasteiger partial charge >= 0.3 is 0 Å². The van der Waals surface area contributed by atoms with Crippen molar-refractivity contribution in [1.82, 2.24) is 5.32 Å². The van der Waals surface area contributed by atoms with E-state index in [0.717, 1.165) is 12.2 Å². The van der Waals surface area contributed by atoms with Crippen molar-refractivity contribution >= 4 is 0 Å². The molecule has 0 heterocycles. The van der Waals surface area contributed by atoms with Crippen molar-refractivity contribution < 1.29 is 4.74 Å². The van der Waals surface area contributed by atoms with E-state index >= 15 is 0 Å². The molecule has 1 N–H and O–H groups in total. The highest BCUT2D eigenvalue weighted by molar-refractivity contribution is 5.31. The van der Waals surface area contributed by atoms with Crippen LogP contribution in [-0.4, -0.2) is 19.2 Å². The van der Waals surface area contributed by atoms with Crippen molar-refractivity contribution in [2.45, 2.75) is 71.4 Å². The third kappa shape index (κ3) is 4.23. The molecule has 2 heteroatoms. The van der Waals surface area contributed by atoms with Crippen LogP contribution in [0, 0.1) is 5.41 Å². The van der Waals surface area contributed by atoms with Gasteiger partial charge in [-0.15, -0.1) is 0 Å². The third-order valence-electron chi connectivity index (χ3n) is 4.71. The van der Waals surface area contributed by atoms with Crippen LogP contribution in [0.25, 0.3) is 0 Å². The smallest absolute Gasteiger partial charge is 0.119 e. The summed E-state index contributed by atoms with van der Waals surface area (Å²) < 4.78 is 6.30. The fourth-order valence-electron chi connectivity index (χ4n) is 3.18. The van der Waals surface area contributed by atoms with Crippen LogP contribution in [0.5, 0.6) is 5.75 Å². The number of benzene rings is 1. The Labute approximate surface area is 130 Å². The number of nitrogens with one attached hydrogen (secondary N) is 1. The second-order valence-electron chi connectivity index (χ2n) is 8.23. The van der Waals surface area contributed by atoms with Gasteiger partial charge in [-0.05, 0) is 54.8 Å². The van der Waals surface area contributed by atoms with E-state index in [-0.39, 0.29) is 11.5 Å². The minimum atomic E-state index is 0.193. The first-order chi connectivity index (χ1) is 9.71. The summed E-state index contributed by atoms with van der Waals surface area (Å²) in [5.74, 6) is 0.992. The van der Waals surface area contributed by atoms with Crippen LogP contribution in [0.1, 0.15) is 59.4 Å². The van der Waals surface area contributed by atoms with Crippen LogP contribution in [0.4, 0.5) is 0 Å². The Kier molecular flexibility index (Phi) is 4.67. The van der Waals surface area contributed by atoms with Gasteiger partial charge in [-0.2, -0.15) is 0 Å². The quantitative estimate of drug-likeness (QED) is 0.882. The summed E-state index contributed by atoms with van der Waals surface area (Å²) in [5.41, 5.74) is 1.92. The predicted molar refractivity (Wildman–Crippen MR) is 90.0 cm³/mol. The van der Waals surface area contributed by atoms with Crippen LogP contribution in [0.3, 0.4) is 0 Å². The number of likely N-dealkylation sites (N-methyl/N-ethyl adjacent to an activating group) is 1. The molecule has 1 fully saturated rings. The molecule has 2 nitrogen and oxygen atoms in total. The van der Waals surface area contributed by atoms with E-state index in [1.807, 2.05) is 7.05 Å². The summed E-state index contributed by atoms with van der Waals surface area (Å²) in [7, 11) is 2.04. The first-order valence-corrected chi connectivity index (χ1v) is 8.16. The monoisotopic (exact) mass is 289 g/mol. The summed E-state index contributed by atoms with van der Waals surface area (Å²) in [6.07, 6.45) is 3.83. The second-order valence-corrected chi connectivity index (χ2v) is 8.23. The molecule has 1 aliphatic rings. The van der Waals surface area contributed by atoms with Crippen LogP contribution in [0.2, 0.25) is 0 Å². The van der Waals surface area contributed by atoms with Crippen LogP contribution in [-0.2, 0) is 5.41 Å². The first-order valence-electron chi connectivity index (χ1n) is 8.16. The van der Waals surface area contributed by atoms with E-state index < -0.39 is 0 Å². The van der Waals surface area contributed by atoms with Gasteiger partial charge in [-0.3, -0.25) is 0 Å². The Morgan fingerprint density at radius 2 is 1.76 bits per heavy atom. The zero-order chi connectivity index (χ0) is 15.7. The van der Waals surface area contributed by atoms with Crippen molar-refractivity contribution in [3.05, 3.63) is 29.8 Å². The molecule has 118 valence electrons. The standard InChI is InChI=1S/C19H31NO/c1-18(2,3)14-7-9-15(10-8-14)21-17-13-19(4,5)12-11-16(17)20-6/h7-10,16-17,20H,11-13H2,1-6H3. The Bertz CT molecular complexity index is 455. The predicted octanol–water partition coefficient (Wildman–Crippen LogP) is 4.53. The highest BCUT2D eigenvalue weighted by atomic mass is 16.5. The third-order valence-corrected chi connectivity index (χ3v) is 4.71. The Morgan fingerprint density at radius 1 is 1.14 bits per heavy atom. The molecule has 2 rings (SSSR count). The summed E-state index contributed by atoms with van der Waals surface area (Å²) in [5, 5.41) is 3.42. The maximum absolute atomic E-state index is 6.30. The summed E-state index contributed by atoms with van der Waals surface area (Å²) in [4.78, 5) is 0. The average molecular weight is 289 g/mol. The number of hydrogen-bond donors (Lipinski definition) is 1. The number of rotatable bonds is 3. The lowest BCUT2D eigenvalue weighted by molar-refractivity contribution is 0.0559. The van der Waals surface area contributed by atoms with Crippen LogP contribution < -0.4 is 10.1 Å². The minimum Gasteiger partial charge on any atom is -0.489 e. The normalized spacial score (nSPS) is 25.6. The maximum atomic E-state index is 6.30. The fraction of sp³-hybridized carbons (Fsp3) is 0.684. The Morgan fingerprint density at radius 3 is 2.29 bits per heavy atom. The molecule has 1 aromatic rings. The maximum Gasteiger partial charge on any atom is 0.119 e. The van der Waals surface area contributed by atoms with Gasteiger partial charge in [0, 0.05) is 6.04 Å². The van der Waals surface area contributed by atoms with Crippen molar-refractivity contribution in [3.63, 3.8) is 0 Å². The van der Waals surface area contributed by atoms with Gasteiger partial charge in [0.05, 0.1) is 0 Å². The number of ether oxygens (including phenoxy) is 1. The summed E-state index contributed by atoms with van der Waals surface area (Å²) in [6, 6.07) is 9.08. The number of hydrogen-bond acceptors (Lipinski definition) is 2. The molecule has 0 bridgehead atoms. The molecule has 1 aliphatic carbocycles. The highest BCUT2D eigenvalue weighted by Gasteiger charge is 2.35. The van der Waals surface area contributed by atoms with Crippen molar-refractivity contribution in [2.24, 2.45) is 5.41 Å². The molecule has 0 spiro atoms. The molecule has 1 saturated carbocycles. The zero-order valence-corrected chi connectivity index (χ0v) is 14.5. The molecule has 1 aromatic carbocycles. The van der Waals surface area contributed by atoms with Gasteiger partial charge in [0.2, 0.25) is 0 Å². The van der Waals surface area contributed by atoms with Gasteiger partial charge < -0.3 is 10.1 Å². The van der Waals surface area contributed by atoms with E-state index in [9.17, 15) is 0 Å². The molecule has 21 heavy (non-hydrogen) atoms. The average Bonchev–Trinajstić information content (AvgIpc) is 2.37. The highest BCUT2D eigenvalue weighted by Crippen LogP contribution is 2.37. The largest absolute Gasteiger partial charge is 0.489 e. The van der Waals surface area contributed by atoms with Crippen LogP contribution in [0.15, 0.2) is 24.3 Å². The lowest BCUT2D eigenvalue weighted by Gasteiger charge is -2.40. The lowest BCUT2D eigenvalue weighted by Crippen LogP contribution is -2.47. The van der Waals surface area contributed by atoms with Gasteiger partial charge in [0.15, 0.2) is 0 Å². The molecule has 2 unspecified atom stereocenters. The second kappa shape index (κ2) is 6.00. The molecule has 0 amide bonds. The summed E-state index contributed by atoms with van der Waals surface area (Å²) in [6.45, 7) is 11.4. The van der Waals surface area contributed by atoms with Crippen LogP contribution >= 0.6 is 0 Å². The lowest BCUT2D eigenvalue weighted by atomic mass is 9.74. The van der Waals surface area contributed by atoms with Gasteiger partial charge in [0.1, 0.15) is 11.9 Å². The molecule has 2 atom stereocenters. The van der Waals surface area contributed by atoms with Crippen molar-refractivity contribution in [3.8, 4) is 5.75 Å². The minimum absolute atomic E-state index is 0.193. The SMILES string of the molecule is CNC1CCC(C)(C)CC1Oc1ccc(C(C)(C)C)cc1. The molecular weight excluding hydrogens is 258 g/mol. The molecule has 0 aliphatic heterocycles. The van der Waals surface area contributed by atoms with Gasteiger partial charge in [-0.25, -0.2) is 0 Å². The van der Waals surface area contributed by atoms with Crippen molar-refractivity contribution in [1.29, 1.82) is 0 Å².